The minimum absolute atomic E-state index is 0.0197. The Balaban J connectivity index is 1.43. The molecule has 2 aromatic carbocycles. The summed E-state index contributed by atoms with van der Waals surface area (Å²) in [4.78, 5) is 31.5. The number of aromatic nitrogens is 3. The van der Waals surface area contributed by atoms with Gasteiger partial charge in [0.25, 0.3) is 5.91 Å². The summed E-state index contributed by atoms with van der Waals surface area (Å²) in [5.74, 6) is -0.614. The normalized spacial score (nSPS) is 14.0. The van der Waals surface area contributed by atoms with E-state index in [4.69, 9.17) is 4.74 Å². The van der Waals surface area contributed by atoms with Crippen LogP contribution in [0.2, 0.25) is 0 Å². The molecule has 5 rings (SSSR count). The van der Waals surface area contributed by atoms with Crippen LogP contribution in [0.5, 0.6) is 11.6 Å². The zero-order chi connectivity index (χ0) is 27.5. The molecule has 10 heteroatoms. The van der Waals surface area contributed by atoms with Gasteiger partial charge in [0.05, 0.1) is 0 Å². The van der Waals surface area contributed by atoms with E-state index >= 15 is 4.39 Å². The molecule has 1 amide bonds. The van der Waals surface area contributed by atoms with Gasteiger partial charge in [0, 0.05) is 67.7 Å². The highest BCUT2D eigenvalue weighted by Crippen LogP contribution is 2.34. The fourth-order valence-electron chi connectivity index (χ4n) is 4.75. The molecule has 0 saturated carbocycles. The summed E-state index contributed by atoms with van der Waals surface area (Å²) in [6.07, 6.45) is 1.30. The van der Waals surface area contributed by atoms with Gasteiger partial charge in [-0.15, -0.1) is 0 Å². The molecule has 0 bridgehead atoms. The van der Waals surface area contributed by atoms with E-state index in [1.54, 1.807) is 19.2 Å². The van der Waals surface area contributed by atoms with Crippen molar-refractivity contribution in [2.45, 2.75) is 20.8 Å². The zero-order valence-corrected chi connectivity index (χ0v) is 22.8. The van der Waals surface area contributed by atoms with Crippen LogP contribution in [0.1, 0.15) is 29.9 Å². The van der Waals surface area contributed by atoms with Gasteiger partial charge in [0.15, 0.2) is 17.4 Å². The molecule has 1 saturated heterocycles. The first-order valence-electron chi connectivity index (χ1n) is 13.3. The summed E-state index contributed by atoms with van der Waals surface area (Å²) in [5, 5.41) is 3.66. The highest BCUT2D eigenvalue weighted by Gasteiger charge is 2.25. The fourth-order valence-corrected chi connectivity index (χ4v) is 4.75. The summed E-state index contributed by atoms with van der Waals surface area (Å²) >= 11 is 0. The Hall–Kier alpha value is -4.18. The third kappa shape index (κ3) is 5.51. The average molecular weight is 532 g/mol. The predicted octanol–water partition coefficient (Wildman–Crippen LogP) is 5.18. The molecule has 1 fully saturated rings. The summed E-state index contributed by atoms with van der Waals surface area (Å²) in [6, 6.07) is 13.0. The van der Waals surface area contributed by atoms with Gasteiger partial charge >= 0.3 is 0 Å². The monoisotopic (exact) mass is 531 g/mol. The number of nitrogens with one attached hydrogen (secondary N) is 2. The molecule has 1 aliphatic rings. The first kappa shape index (κ1) is 26.4. The molecule has 39 heavy (non-hydrogen) atoms. The second kappa shape index (κ2) is 11.3. The van der Waals surface area contributed by atoms with E-state index in [-0.39, 0.29) is 28.9 Å². The predicted molar refractivity (Wildman–Crippen MR) is 152 cm³/mol. The van der Waals surface area contributed by atoms with Gasteiger partial charge in [-0.1, -0.05) is 6.92 Å². The van der Waals surface area contributed by atoms with Gasteiger partial charge in [-0.2, -0.15) is 0 Å². The molecule has 0 aliphatic carbocycles. The van der Waals surface area contributed by atoms with Gasteiger partial charge in [-0.05, 0) is 62.9 Å². The van der Waals surface area contributed by atoms with E-state index in [1.165, 1.54) is 17.3 Å². The van der Waals surface area contributed by atoms with Gasteiger partial charge in [-0.3, -0.25) is 4.79 Å². The minimum atomic E-state index is -0.525. The molecule has 0 radical (unpaired) electrons. The van der Waals surface area contributed by atoms with Crippen molar-refractivity contribution in [1.82, 2.24) is 24.8 Å². The molecule has 0 spiro atoms. The van der Waals surface area contributed by atoms with Crippen molar-refractivity contribution in [1.29, 1.82) is 0 Å². The minimum Gasteiger partial charge on any atom is -0.435 e. The Labute approximate surface area is 227 Å². The number of hydrogen-bond donors (Lipinski definition) is 2. The van der Waals surface area contributed by atoms with E-state index in [2.05, 4.69) is 49.1 Å². The first-order valence-corrected chi connectivity index (χ1v) is 13.3. The third-order valence-electron chi connectivity index (χ3n) is 7.21. The highest BCUT2D eigenvalue weighted by molar-refractivity contribution is 6.01. The lowest BCUT2D eigenvalue weighted by Gasteiger charge is -2.35. The Morgan fingerprint density at radius 3 is 2.54 bits per heavy atom. The number of likely N-dealkylation sites (N-methyl/N-ethyl adjacent to an activating group) is 1. The van der Waals surface area contributed by atoms with Crippen LogP contribution >= 0.6 is 0 Å². The molecule has 0 unspecified atom stereocenters. The molecule has 204 valence electrons. The number of amides is 1. The van der Waals surface area contributed by atoms with Crippen molar-refractivity contribution in [3.63, 3.8) is 0 Å². The largest absolute Gasteiger partial charge is 0.435 e. The Bertz CT molecular complexity index is 1460. The van der Waals surface area contributed by atoms with Gasteiger partial charge in [0.2, 0.25) is 5.88 Å². The van der Waals surface area contributed by atoms with Crippen LogP contribution in [-0.2, 0) is 0 Å². The number of H-pyrrole nitrogens is 1. The standard InChI is InChI=1S/C29H34FN7O2/c1-5-35(4)29(38)25-27(34-20-7-9-21(10-8-20)37-15-13-36(6-2)14-16-37)31-18-32-28(25)39-24-12-11-23-22(26(24)30)17-19(3)33-23/h7-12,17-18,33H,5-6,13-16H2,1-4H3,(H,31,32,34). The molecular weight excluding hydrogens is 497 g/mol. The van der Waals surface area contributed by atoms with E-state index in [0.717, 1.165) is 49.8 Å². The van der Waals surface area contributed by atoms with Crippen LogP contribution in [0.4, 0.5) is 21.6 Å². The van der Waals surface area contributed by atoms with Crippen molar-refractivity contribution in [3.8, 4) is 11.6 Å². The number of nitrogens with zero attached hydrogens (tertiary/aromatic N) is 5. The van der Waals surface area contributed by atoms with Crippen molar-refractivity contribution < 1.29 is 13.9 Å². The molecule has 3 heterocycles. The molecular formula is C29H34FN7O2. The maximum absolute atomic E-state index is 15.3. The Morgan fingerprint density at radius 1 is 1.10 bits per heavy atom. The van der Waals surface area contributed by atoms with E-state index in [1.807, 2.05) is 26.0 Å². The summed E-state index contributed by atoms with van der Waals surface area (Å²) in [6.45, 7) is 11.5. The second-order valence-electron chi connectivity index (χ2n) is 9.71. The Kier molecular flexibility index (Phi) is 7.65. The van der Waals surface area contributed by atoms with Crippen molar-refractivity contribution in [2.75, 3.05) is 56.5 Å². The first-order chi connectivity index (χ1) is 18.9. The number of anilines is 3. The topological polar surface area (TPSA) is 89.6 Å². The number of benzene rings is 2. The van der Waals surface area contributed by atoms with E-state index < -0.39 is 5.82 Å². The number of aryl methyl sites for hydroxylation is 1. The van der Waals surface area contributed by atoms with Crippen LogP contribution < -0.4 is 15.0 Å². The molecule has 2 aromatic heterocycles. The smallest absolute Gasteiger partial charge is 0.262 e. The number of ether oxygens (including phenoxy) is 1. The van der Waals surface area contributed by atoms with Crippen LogP contribution in [0, 0.1) is 12.7 Å². The summed E-state index contributed by atoms with van der Waals surface area (Å²) in [5.41, 5.74) is 3.55. The van der Waals surface area contributed by atoms with Gasteiger partial charge < -0.3 is 29.7 Å². The molecule has 0 atom stereocenters. The number of halogens is 1. The van der Waals surface area contributed by atoms with Crippen molar-refractivity contribution in [3.05, 3.63) is 65.9 Å². The number of rotatable bonds is 8. The quantitative estimate of drug-likeness (QED) is 0.324. The number of carbonyl (C=O) groups is 1. The lowest BCUT2D eigenvalue weighted by atomic mass is 10.2. The van der Waals surface area contributed by atoms with Crippen molar-refractivity contribution >= 4 is 34.0 Å². The lowest BCUT2D eigenvalue weighted by Crippen LogP contribution is -2.46. The summed E-state index contributed by atoms with van der Waals surface area (Å²) in [7, 11) is 1.69. The van der Waals surface area contributed by atoms with Gasteiger partial charge in [0.1, 0.15) is 11.9 Å². The maximum Gasteiger partial charge on any atom is 0.262 e. The number of aromatic amines is 1. The maximum atomic E-state index is 15.3. The van der Waals surface area contributed by atoms with Gasteiger partial charge in [-0.25, -0.2) is 14.4 Å². The Morgan fingerprint density at radius 2 is 1.85 bits per heavy atom. The molecule has 9 nitrogen and oxygen atoms in total. The molecule has 1 aliphatic heterocycles. The van der Waals surface area contributed by atoms with Crippen molar-refractivity contribution in [2.24, 2.45) is 0 Å². The van der Waals surface area contributed by atoms with Crippen LogP contribution in [0.15, 0.2) is 48.8 Å². The molecule has 2 N–H and O–H groups in total. The molecule has 4 aromatic rings. The number of piperazine rings is 1. The van der Waals surface area contributed by atoms with Crippen LogP contribution in [-0.4, -0.2) is 77.0 Å². The van der Waals surface area contributed by atoms with Crippen LogP contribution in [0.3, 0.4) is 0 Å². The number of hydrogen-bond acceptors (Lipinski definition) is 7. The number of carbonyl (C=O) groups excluding carboxylic acids is 1. The van der Waals surface area contributed by atoms with E-state index in [0.29, 0.717) is 17.4 Å². The highest BCUT2D eigenvalue weighted by atomic mass is 19.1. The third-order valence-corrected chi connectivity index (χ3v) is 7.21. The fraction of sp³-hybridized carbons (Fsp3) is 0.345. The number of fused-ring (bicyclic) bond motifs is 1. The second-order valence-corrected chi connectivity index (χ2v) is 9.71. The van der Waals surface area contributed by atoms with Crippen LogP contribution in [0.25, 0.3) is 10.9 Å². The average Bonchev–Trinajstić information content (AvgIpc) is 3.35. The summed E-state index contributed by atoms with van der Waals surface area (Å²) < 4.78 is 21.2. The SMILES string of the molecule is CCN1CCN(c2ccc(Nc3ncnc(Oc4ccc5[nH]c(C)cc5c4F)c3C(=O)N(C)CC)cc2)CC1. The van der Waals surface area contributed by atoms with E-state index in [9.17, 15) is 4.79 Å². The lowest BCUT2D eigenvalue weighted by molar-refractivity contribution is 0.0799. The zero-order valence-electron chi connectivity index (χ0n) is 22.8.